The topological polar surface area (TPSA) is 83.3 Å². The van der Waals surface area contributed by atoms with Crippen LogP contribution in [0.5, 0.6) is 0 Å². The van der Waals surface area contributed by atoms with E-state index in [1.54, 1.807) is 0 Å². The lowest BCUT2D eigenvalue weighted by atomic mass is 9.93. The van der Waals surface area contributed by atoms with Gasteiger partial charge in [0.15, 0.2) is 0 Å². The Balaban J connectivity index is 1.53. The lowest BCUT2D eigenvalue weighted by Gasteiger charge is -2.36. The van der Waals surface area contributed by atoms with Crippen molar-refractivity contribution in [2.75, 3.05) is 18.0 Å². The number of hydrogen-bond donors (Lipinski definition) is 3. The molecule has 2 aromatic rings. The van der Waals surface area contributed by atoms with Gasteiger partial charge < -0.3 is 21.3 Å². The van der Waals surface area contributed by atoms with Crippen LogP contribution in [0.1, 0.15) is 74.2 Å². The first-order chi connectivity index (χ1) is 15.0. The molecule has 0 radical (unpaired) electrons. The van der Waals surface area contributed by atoms with Crippen molar-refractivity contribution < 1.29 is 4.79 Å². The van der Waals surface area contributed by atoms with E-state index in [1.807, 2.05) is 19.1 Å². The molecular formula is C25H37N5O. The second-order valence-corrected chi connectivity index (χ2v) is 9.31. The molecule has 1 unspecified atom stereocenters. The van der Waals surface area contributed by atoms with Gasteiger partial charge in [-0.3, -0.25) is 4.79 Å². The Morgan fingerprint density at radius 1 is 1.13 bits per heavy atom. The number of aromatic nitrogens is 1. The van der Waals surface area contributed by atoms with Gasteiger partial charge >= 0.3 is 0 Å². The fourth-order valence-electron chi connectivity index (χ4n) is 4.90. The number of hydrogen-bond acceptors (Lipinski definition) is 5. The minimum absolute atomic E-state index is 0.136. The van der Waals surface area contributed by atoms with Crippen molar-refractivity contribution in [1.29, 1.82) is 0 Å². The van der Waals surface area contributed by atoms with Crippen molar-refractivity contribution in [3.8, 4) is 0 Å². The molecule has 1 atom stereocenters. The van der Waals surface area contributed by atoms with Gasteiger partial charge in [-0.2, -0.15) is 0 Å². The maximum atomic E-state index is 13.1. The number of benzene rings is 1. The van der Waals surface area contributed by atoms with E-state index in [-0.39, 0.29) is 12.1 Å². The van der Waals surface area contributed by atoms with Gasteiger partial charge in [-0.15, -0.1) is 0 Å². The first-order valence-corrected chi connectivity index (χ1v) is 12.0. The van der Waals surface area contributed by atoms with Gasteiger partial charge in [0, 0.05) is 30.6 Å². The Morgan fingerprint density at radius 3 is 2.55 bits per heavy atom. The van der Waals surface area contributed by atoms with Crippen LogP contribution >= 0.6 is 0 Å². The van der Waals surface area contributed by atoms with Crippen molar-refractivity contribution in [1.82, 2.24) is 15.6 Å². The summed E-state index contributed by atoms with van der Waals surface area (Å²) in [5.41, 5.74) is 8.73. The summed E-state index contributed by atoms with van der Waals surface area (Å²) in [6.07, 6.45) is 9.24. The molecule has 2 aliphatic rings. The Kier molecular flexibility index (Phi) is 7.08. The SMILES string of the molecule is CCC(N)NC(=O)c1cc2cc(C)ccc2nc1N1CCC(NC2CCCCC2)CC1. The lowest BCUT2D eigenvalue weighted by molar-refractivity contribution is 0.0937. The van der Waals surface area contributed by atoms with Crippen molar-refractivity contribution in [2.24, 2.45) is 5.73 Å². The highest BCUT2D eigenvalue weighted by Crippen LogP contribution is 2.28. The highest BCUT2D eigenvalue weighted by atomic mass is 16.1. The van der Waals surface area contributed by atoms with E-state index in [0.29, 0.717) is 24.1 Å². The summed E-state index contributed by atoms with van der Waals surface area (Å²) in [4.78, 5) is 20.3. The van der Waals surface area contributed by atoms with Crippen LogP contribution in [0.2, 0.25) is 0 Å². The maximum Gasteiger partial charge on any atom is 0.256 e. The third-order valence-corrected chi connectivity index (χ3v) is 6.82. The highest BCUT2D eigenvalue weighted by Gasteiger charge is 2.26. The van der Waals surface area contributed by atoms with Gasteiger partial charge in [0.25, 0.3) is 5.91 Å². The molecule has 1 aliphatic heterocycles. The summed E-state index contributed by atoms with van der Waals surface area (Å²) in [7, 11) is 0. The van der Waals surface area contributed by atoms with E-state index < -0.39 is 0 Å². The molecule has 6 heteroatoms. The fourth-order valence-corrected chi connectivity index (χ4v) is 4.90. The molecule has 31 heavy (non-hydrogen) atoms. The number of carbonyl (C=O) groups excluding carboxylic acids is 1. The second-order valence-electron chi connectivity index (χ2n) is 9.31. The van der Waals surface area contributed by atoms with Gasteiger partial charge in [0.05, 0.1) is 17.2 Å². The number of carbonyl (C=O) groups is 1. The van der Waals surface area contributed by atoms with Gasteiger partial charge in [0.1, 0.15) is 5.82 Å². The molecule has 1 aliphatic carbocycles. The molecule has 1 amide bonds. The molecule has 0 spiro atoms. The van der Waals surface area contributed by atoms with Gasteiger partial charge in [0.2, 0.25) is 0 Å². The predicted octanol–water partition coefficient (Wildman–Crippen LogP) is 3.86. The normalized spacial score (nSPS) is 19.5. The van der Waals surface area contributed by atoms with Crippen molar-refractivity contribution in [2.45, 2.75) is 83.5 Å². The monoisotopic (exact) mass is 423 g/mol. The zero-order valence-corrected chi connectivity index (χ0v) is 19.0. The van der Waals surface area contributed by atoms with E-state index in [1.165, 1.54) is 32.1 Å². The third-order valence-electron chi connectivity index (χ3n) is 6.82. The zero-order chi connectivity index (χ0) is 21.8. The molecule has 1 saturated heterocycles. The second kappa shape index (κ2) is 9.96. The van der Waals surface area contributed by atoms with E-state index >= 15 is 0 Å². The number of nitrogens with one attached hydrogen (secondary N) is 2. The number of fused-ring (bicyclic) bond motifs is 1. The number of nitrogens with two attached hydrogens (primary N) is 1. The average molecular weight is 424 g/mol. The summed E-state index contributed by atoms with van der Waals surface area (Å²) < 4.78 is 0. The molecule has 1 aromatic heterocycles. The fraction of sp³-hybridized carbons (Fsp3) is 0.600. The van der Waals surface area contributed by atoms with Crippen molar-refractivity contribution >= 4 is 22.6 Å². The minimum Gasteiger partial charge on any atom is -0.356 e. The van der Waals surface area contributed by atoms with Gasteiger partial charge in [-0.25, -0.2) is 4.98 Å². The molecule has 2 heterocycles. The quantitative estimate of drug-likeness (QED) is 0.615. The van der Waals surface area contributed by atoms with Crippen LogP contribution in [0.15, 0.2) is 24.3 Å². The van der Waals surface area contributed by atoms with Crippen LogP contribution in [-0.4, -0.2) is 42.2 Å². The number of pyridine rings is 1. The molecule has 4 rings (SSSR count). The zero-order valence-electron chi connectivity index (χ0n) is 19.0. The predicted molar refractivity (Wildman–Crippen MR) is 127 cm³/mol. The Morgan fingerprint density at radius 2 is 1.84 bits per heavy atom. The van der Waals surface area contributed by atoms with Crippen LogP contribution in [0.4, 0.5) is 5.82 Å². The molecule has 6 nitrogen and oxygen atoms in total. The van der Waals surface area contributed by atoms with E-state index in [4.69, 9.17) is 10.7 Å². The first-order valence-electron chi connectivity index (χ1n) is 12.0. The number of rotatable bonds is 6. The van der Waals surface area contributed by atoms with Crippen LogP contribution in [0, 0.1) is 6.92 Å². The Bertz CT molecular complexity index is 900. The molecule has 2 fully saturated rings. The molecule has 0 bridgehead atoms. The lowest BCUT2D eigenvalue weighted by Crippen LogP contribution is -2.47. The van der Waals surface area contributed by atoms with Crippen molar-refractivity contribution in [3.05, 3.63) is 35.4 Å². The summed E-state index contributed by atoms with van der Waals surface area (Å²) in [5, 5.41) is 7.81. The number of aryl methyl sites for hydroxylation is 1. The van der Waals surface area contributed by atoms with E-state index in [0.717, 1.165) is 48.2 Å². The Hall–Kier alpha value is -2.18. The minimum atomic E-state index is -0.348. The standard InChI is InChI=1S/C25H37N5O/c1-3-23(26)29-25(31)21-16-18-15-17(2)9-10-22(18)28-24(21)30-13-11-20(12-14-30)27-19-7-5-4-6-8-19/h9-10,15-16,19-20,23,27H,3-8,11-14,26H2,1-2H3,(H,29,31). The van der Waals surface area contributed by atoms with Crippen LogP contribution < -0.4 is 21.3 Å². The highest BCUT2D eigenvalue weighted by molar-refractivity contribution is 6.02. The number of anilines is 1. The molecule has 4 N–H and O–H groups in total. The van der Waals surface area contributed by atoms with Crippen molar-refractivity contribution in [3.63, 3.8) is 0 Å². The number of amides is 1. The largest absolute Gasteiger partial charge is 0.356 e. The summed E-state index contributed by atoms with van der Waals surface area (Å²) >= 11 is 0. The van der Waals surface area contributed by atoms with Crippen LogP contribution in [0.25, 0.3) is 10.9 Å². The number of piperidine rings is 1. The molecule has 1 aromatic carbocycles. The smallest absolute Gasteiger partial charge is 0.256 e. The molecule has 1 saturated carbocycles. The summed E-state index contributed by atoms with van der Waals surface area (Å²) in [6.45, 7) is 5.85. The Labute approximate surface area is 186 Å². The summed E-state index contributed by atoms with van der Waals surface area (Å²) in [6, 6.07) is 9.44. The number of nitrogens with zero attached hydrogens (tertiary/aromatic N) is 2. The van der Waals surface area contributed by atoms with Crippen LogP contribution in [-0.2, 0) is 0 Å². The van der Waals surface area contributed by atoms with E-state index in [9.17, 15) is 4.79 Å². The van der Waals surface area contributed by atoms with Gasteiger partial charge in [-0.1, -0.05) is 37.8 Å². The first kappa shape index (κ1) is 22.0. The molecular weight excluding hydrogens is 386 g/mol. The van der Waals surface area contributed by atoms with Gasteiger partial charge in [-0.05, 0) is 57.2 Å². The maximum absolute atomic E-state index is 13.1. The summed E-state index contributed by atoms with van der Waals surface area (Å²) in [5.74, 6) is 0.649. The molecule has 168 valence electrons. The van der Waals surface area contributed by atoms with Crippen LogP contribution in [0.3, 0.4) is 0 Å². The van der Waals surface area contributed by atoms with E-state index in [2.05, 4.69) is 34.6 Å². The average Bonchev–Trinajstić information content (AvgIpc) is 2.79. The third kappa shape index (κ3) is 5.36.